The van der Waals surface area contributed by atoms with Gasteiger partial charge < -0.3 is 10.4 Å². The van der Waals surface area contributed by atoms with Gasteiger partial charge in [-0.25, -0.2) is 0 Å². The van der Waals surface area contributed by atoms with E-state index in [2.05, 4.69) is 5.32 Å². The van der Waals surface area contributed by atoms with Crippen molar-refractivity contribution in [2.75, 3.05) is 0 Å². The molecule has 2 rings (SSSR count). The van der Waals surface area contributed by atoms with Gasteiger partial charge in [-0.15, -0.1) is 0 Å². The third-order valence-electron chi connectivity index (χ3n) is 2.51. The maximum Gasteiger partial charge on any atom is 0.0693 e. The van der Waals surface area contributed by atoms with Crippen LogP contribution < -0.4 is 5.32 Å². The van der Waals surface area contributed by atoms with Gasteiger partial charge in [-0.05, 0) is 32.1 Å². The first-order valence-electron chi connectivity index (χ1n) is 4.30. The van der Waals surface area contributed by atoms with Gasteiger partial charge in [0, 0.05) is 12.1 Å². The summed E-state index contributed by atoms with van der Waals surface area (Å²) < 4.78 is 0. The molecule has 0 saturated heterocycles. The Kier molecular flexibility index (Phi) is 1.66. The van der Waals surface area contributed by atoms with Crippen LogP contribution in [0, 0.1) is 0 Å². The fourth-order valence-electron chi connectivity index (χ4n) is 1.69. The molecule has 0 spiro atoms. The maximum atomic E-state index is 9.40. The Balaban J connectivity index is 1.79. The summed E-state index contributed by atoms with van der Waals surface area (Å²) >= 11 is 0. The second-order valence-corrected chi connectivity index (χ2v) is 3.55. The van der Waals surface area contributed by atoms with Gasteiger partial charge >= 0.3 is 0 Å². The normalized spacial score (nSPS) is 40.5. The monoisotopic (exact) mass is 141 g/mol. The van der Waals surface area contributed by atoms with Crippen LogP contribution in [0.1, 0.15) is 32.1 Å². The third kappa shape index (κ3) is 1.32. The molecule has 58 valence electrons. The van der Waals surface area contributed by atoms with Crippen molar-refractivity contribution in [3.63, 3.8) is 0 Å². The summed E-state index contributed by atoms with van der Waals surface area (Å²) in [5, 5.41) is 12.9. The quantitative estimate of drug-likeness (QED) is 0.592. The Morgan fingerprint density at radius 3 is 2.40 bits per heavy atom. The molecule has 2 heteroatoms. The van der Waals surface area contributed by atoms with Gasteiger partial charge in [0.2, 0.25) is 0 Å². The van der Waals surface area contributed by atoms with E-state index in [0.717, 1.165) is 12.5 Å². The summed E-state index contributed by atoms with van der Waals surface area (Å²) in [4.78, 5) is 0. The standard InChI is InChI=1S/C8H15NO/c10-8-3-1-2-7(8)9-6-4-5-6/h6-10H,1-5H2/t7-,8-/m0/s1. The van der Waals surface area contributed by atoms with Crippen molar-refractivity contribution in [1.29, 1.82) is 0 Å². The molecule has 0 radical (unpaired) electrons. The highest BCUT2D eigenvalue weighted by molar-refractivity contribution is 4.90. The van der Waals surface area contributed by atoms with Gasteiger partial charge in [-0.1, -0.05) is 0 Å². The van der Waals surface area contributed by atoms with Crippen molar-refractivity contribution < 1.29 is 5.11 Å². The zero-order chi connectivity index (χ0) is 6.97. The predicted molar refractivity (Wildman–Crippen MR) is 39.8 cm³/mol. The van der Waals surface area contributed by atoms with Crippen LogP contribution in [0.15, 0.2) is 0 Å². The largest absolute Gasteiger partial charge is 0.392 e. The van der Waals surface area contributed by atoms with E-state index in [0.29, 0.717) is 6.04 Å². The van der Waals surface area contributed by atoms with Crippen molar-refractivity contribution >= 4 is 0 Å². The second-order valence-electron chi connectivity index (χ2n) is 3.55. The van der Waals surface area contributed by atoms with Crippen molar-refractivity contribution in [1.82, 2.24) is 5.32 Å². The van der Waals surface area contributed by atoms with Crippen LogP contribution in [-0.4, -0.2) is 23.3 Å². The molecule has 2 aliphatic carbocycles. The number of aliphatic hydroxyl groups excluding tert-OH is 1. The van der Waals surface area contributed by atoms with Crippen LogP contribution in [0.2, 0.25) is 0 Å². The lowest BCUT2D eigenvalue weighted by Gasteiger charge is -2.15. The smallest absolute Gasteiger partial charge is 0.0693 e. The molecule has 2 nitrogen and oxygen atoms in total. The molecule has 0 heterocycles. The van der Waals surface area contributed by atoms with Crippen LogP contribution in [0.4, 0.5) is 0 Å². The summed E-state index contributed by atoms with van der Waals surface area (Å²) in [6.07, 6.45) is 5.97. The summed E-state index contributed by atoms with van der Waals surface area (Å²) in [5.41, 5.74) is 0. The van der Waals surface area contributed by atoms with Crippen LogP contribution in [0.3, 0.4) is 0 Å². The van der Waals surface area contributed by atoms with Gasteiger partial charge in [-0.2, -0.15) is 0 Å². The van der Waals surface area contributed by atoms with E-state index in [-0.39, 0.29) is 6.10 Å². The highest BCUT2D eigenvalue weighted by Gasteiger charge is 2.30. The Bertz CT molecular complexity index is 122. The van der Waals surface area contributed by atoms with Gasteiger partial charge in [0.15, 0.2) is 0 Å². The molecular weight excluding hydrogens is 126 g/mol. The molecule has 2 fully saturated rings. The third-order valence-corrected chi connectivity index (χ3v) is 2.51. The molecule has 0 aliphatic heterocycles. The number of aliphatic hydroxyl groups is 1. The fourth-order valence-corrected chi connectivity index (χ4v) is 1.69. The number of rotatable bonds is 2. The number of hydrogen-bond donors (Lipinski definition) is 2. The predicted octanol–water partition coefficient (Wildman–Crippen LogP) is 0.652. The highest BCUT2D eigenvalue weighted by Crippen LogP contribution is 2.25. The van der Waals surface area contributed by atoms with Gasteiger partial charge in [0.1, 0.15) is 0 Å². The Labute approximate surface area is 61.6 Å². The van der Waals surface area contributed by atoms with Crippen LogP contribution in [0.5, 0.6) is 0 Å². The van der Waals surface area contributed by atoms with Crippen LogP contribution in [-0.2, 0) is 0 Å². The highest BCUT2D eigenvalue weighted by atomic mass is 16.3. The molecule has 0 aromatic heterocycles. The average molecular weight is 141 g/mol. The van der Waals surface area contributed by atoms with Crippen LogP contribution in [0.25, 0.3) is 0 Å². The lowest BCUT2D eigenvalue weighted by Crippen LogP contribution is -2.36. The molecule has 10 heavy (non-hydrogen) atoms. The van der Waals surface area contributed by atoms with Crippen molar-refractivity contribution in [3.05, 3.63) is 0 Å². The van der Waals surface area contributed by atoms with E-state index in [1.807, 2.05) is 0 Å². The maximum absolute atomic E-state index is 9.40. The Morgan fingerprint density at radius 2 is 1.90 bits per heavy atom. The first-order valence-corrected chi connectivity index (χ1v) is 4.30. The summed E-state index contributed by atoms with van der Waals surface area (Å²) in [5.74, 6) is 0. The first kappa shape index (κ1) is 6.62. The Hall–Kier alpha value is -0.0800. The van der Waals surface area contributed by atoms with Crippen molar-refractivity contribution in [3.8, 4) is 0 Å². The minimum Gasteiger partial charge on any atom is -0.392 e. The van der Waals surface area contributed by atoms with E-state index in [4.69, 9.17) is 0 Å². The van der Waals surface area contributed by atoms with Crippen molar-refractivity contribution in [2.45, 2.75) is 50.3 Å². The van der Waals surface area contributed by atoms with Gasteiger partial charge in [0.25, 0.3) is 0 Å². The molecular formula is C8H15NO. The minimum absolute atomic E-state index is 0.0550. The van der Waals surface area contributed by atoms with E-state index in [1.165, 1.54) is 25.7 Å². The number of hydrogen-bond acceptors (Lipinski definition) is 2. The Morgan fingerprint density at radius 1 is 1.10 bits per heavy atom. The van der Waals surface area contributed by atoms with Gasteiger partial charge in [0.05, 0.1) is 6.10 Å². The summed E-state index contributed by atoms with van der Waals surface area (Å²) in [6.45, 7) is 0. The molecule has 2 aliphatic rings. The molecule has 0 aromatic rings. The zero-order valence-electron chi connectivity index (χ0n) is 6.21. The van der Waals surface area contributed by atoms with E-state index < -0.39 is 0 Å². The lowest BCUT2D eigenvalue weighted by atomic mass is 10.2. The topological polar surface area (TPSA) is 32.3 Å². The molecule has 0 aromatic carbocycles. The molecule has 0 unspecified atom stereocenters. The van der Waals surface area contributed by atoms with Crippen LogP contribution >= 0.6 is 0 Å². The average Bonchev–Trinajstić information content (AvgIpc) is 2.62. The zero-order valence-corrected chi connectivity index (χ0v) is 6.21. The number of nitrogens with one attached hydrogen (secondary N) is 1. The summed E-state index contributed by atoms with van der Waals surface area (Å²) in [7, 11) is 0. The molecule has 2 atom stereocenters. The van der Waals surface area contributed by atoms with Crippen molar-refractivity contribution in [2.24, 2.45) is 0 Å². The van der Waals surface area contributed by atoms with E-state index >= 15 is 0 Å². The molecule has 0 amide bonds. The minimum atomic E-state index is -0.0550. The SMILES string of the molecule is O[C@H]1CCC[C@@H]1NC1CC1. The first-order chi connectivity index (χ1) is 4.86. The van der Waals surface area contributed by atoms with E-state index in [9.17, 15) is 5.11 Å². The molecule has 2 N–H and O–H groups in total. The lowest BCUT2D eigenvalue weighted by molar-refractivity contribution is 0.148. The van der Waals surface area contributed by atoms with Gasteiger partial charge in [-0.3, -0.25) is 0 Å². The summed E-state index contributed by atoms with van der Waals surface area (Å²) in [6, 6.07) is 1.17. The van der Waals surface area contributed by atoms with E-state index in [1.54, 1.807) is 0 Å². The fraction of sp³-hybridized carbons (Fsp3) is 1.00. The molecule has 0 bridgehead atoms. The second kappa shape index (κ2) is 2.51. The molecule has 2 saturated carbocycles.